The molecule has 57 heavy (non-hydrogen) atoms. The Kier molecular flexibility index (Phi) is 13.3. The molecular weight excluding hydrogens is 721 g/mol. The van der Waals surface area contributed by atoms with E-state index in [4.69, 9.17) is 16.2 Å². The summed E-state index contributed by atoms with van der Waals surface area (Å²) in [4.78, 5) is 45.8. The van der Waals surface area contributed by atoms with Gasteiger partial charge in [-0.3, -0.25) is 19.6 Å². The smallest absolute Gasteiger partial charge is 0.227 e. The van der Waals surface area contributed by atoms with Crippen LogP contribution in [-0.2, 0) is 27.7 Å². The van der Waals surface area contributed by atoms with Gasteiger partial charge in [0.05, 0.1) is 24.5 Å². The number of benzene rings is 1. The van der Waals surface area contributed by atoms with Crippen molar-refractivity contribution in [3.63, 3.8) is 0 Å². The van der Waals surface area contributed by atoms with Gasteiger partial charge in [-0.05, 0) is 93.0 Å². The van der Waals surface area contributed by atoms with E-state index in [1.54, 1.807) is 12.4 Å². The van der Waals surface area contributed by atoms with Crippen LogP contribution < -0.4 is 32.7 Å². The number of ether oxygens (including phenoxy) is 1. The number of H-pyrrole nitrogens is 1. The lowest BCUT2D eigenvalue weighted by Gasteiger charge is -2.28. The van der Waals surface area contributed by atoms with Crippen LogP contribution in [0.2, 0.25) is 0 Å². The van der Waals surface area contributed by atoms with Crippen molar-refractivity contribution in [3.8, 4) is 0 Å². The van der Waals surface area contributed by atoms with Crippen LogP contribution in [0, 0.1) is 23.7 Å². The molecule has 300 valence electrons. The molecule has 1 aliphatic heterocycles. The van der Waals surface area contributed by atoms with Crippen molar-refractivity contribution in [1.29, 1.82) is 0 Å². The third-order valence-electron chi connectivity index (χ3n) is 11.2. The van der Waals surface area contributed by atoms with E-state index in [1.807, 2.05) is 71.6 Å². The minimum atomic E-state index is 0.00459. The number of nitrogens with zero attached hydrogens (tertiary/aromatic N) is 5. The van der Waals surface area contributed by atoms with Crippen LogP contribution in [0.25, 0.3) is 22.1 Å². The van der Waals surface area contributed by atoms with E-state index in [1.165, 1.54) is 0 Å². The normalized spacial score (nSPS) is 20.5. The Morgan fingerprint density at radius 2 is 1.51 bits per heavy atom. The predicted octanol–water partition coefficient (Wildman–Crippen LogP) is 5.09. The molecule has 5 heterocycles. The fourth-order valence-electron chi connectivity index (χ4n) is 7.91. The number of hydrogen-bond donors (Lipinski definition) is 7. The zero-order valence-electron chi connectivity index (χ0n) is 32.3. The summed E-state index contributed by atoms with van der Waals surface area (Å²) < 4.78 is 7.79. The van der Waals surface area contributed by atoms with E-state index in [2.05, 4.69) is 46.2 Å². The molecule has 0 saturated heterocycles. The van der Waals surface area contributed by atoms with Crippen molar-refractivity contribution in [3.05, 3.63) is 84.9 Å². The molecule has 1 aromatic carbocycles. The molecule has 0 bridgehead atoms. The monoisotopic (exact) mass is 774 g/mol. The molecule has 3 aliphatic rings. The Balaban J connectivity index is 0.000000179. The second-order valence-corrected chi connectivity index (χ2v) is 15.2. The van der Waals surface area contributed by atoms with E-state index < -0.39 is 0 Å². The SMILES string of the molecule is NC(N)=NCC1CCC(C(=O)Nc2ccnc3c2ccn3COCc2ccccc2)CC1.O=C(Nc1ccnc2[nH]ccc12)C1CCC(CNC2=NCCN2)CC1. The Bertz CT molecular complexity index is 2140. The highest BCUT2D eigenvalue weighted by Crippen LogP contribution is 2.32. The number of guanidine groups is 2. The number of anilines is 2. The highest BCUT2D eigenvalue weighted by Gasteiger charge is 2.28. The van der Waals surface area contributed by atoms with E-state index >= 15 is 0 Å². The van der Waals surface area contributed by atoms with Gasteiger partial charge in [0.1, 0.15) is 18.0 Å². The number of hydrogen-bond acceptors (Lipinski definition) is 9. The van der Waals surface area contributed by atoms with E-state index in [9.17, 15) is 9.59 Å². The van der Waals surface area contributed by atoms with E-state index in [0.717, 1.165) is 116 Å². The first-order valence-electron chi connectivity index (χ1n) is 20.1. The molecule has 0 spiro atoms. The molecule has 0 radical (unpaired) electrons. The lowest BCUT2D eigenvalue weighted by atomic mass is 9.81. The highest BCUT2D eigenvalue weighted by molar-refractivity contribution is 6.02. The molecule has 0 atom stereocenters. The van der Waals surface area contributed by atoms with Gasteiger partial charge in [-0.15, -0.1) is 0 Å². The predicted molar refractivity (Wildman–Crippen MR) is 224 cm³/mol. The average Bonchev–Trinajstić information content (AvgIpc) is 4.03. The molecular formula is C42H54N12O3. The van der Waals surface area contributed by atoms with Gasteiger partial charge in [0.15, 0.2) is 11.9 Å². The van der Waals surface area contributed by atoms with Crippen molar-refractivity contribution < 1.29 is 14.3 Å². The van der Waals surface area contributed by atoms with Crippen molar-refractivity contribution >= 4 is 57.2 Å². The maximum atomic E-state index is 12.9. The third-order valence-corrected chi connectivity index (χ3v) is 11.2. The molecule has 2 saturated carbocycles. The van der Waals surface area contributed by atoms with Crippen molar-refractivity contribution in [2.75, 3.05) is 36.8 Å². The van der Waals surface area contributed by atoms with Crippen LogP contribution in [0.1, 0.15) is 56.9 Å². The number of rotatable bonds is 12. The number of aliphatic imine (C=N–C) groups is 2. The van der Waals surface area contributed by atoms with Gasteiger partial charge in [-0.25, -0.2) is 9.97 Å². The Labute approximate surface area is 332 Å². The molecule has 2 aliphatic carbocycles. The summed E-state index contributed by atoms with van der Waals surface area (Å²) in [5.41, 5.74) is 15.2. The minimum Gasteiger partial charge on any atom is -0.370 e. The fourth-order valence-corrected chi connectivity index (χ4v) is 7.91. The van der Waals surface area contributed by atoms with Crippen molar-refractivity contribution in [2.45, 2.75) is 64.7 Å². The Hall–Kier alpha value is -5.96. The van der Waals surface area contributed by atoms with Crippen LogP contribution >= 0.6 is 0 Å². The average molecular weight is 775 g/mol. The molecule has 9 N–H and O–H groups in total. The number of pyridine rings is 2. The molecule has 8 rings (SSSR count). The van der Waals surface area contributed by atoms with E-state index in [-0.39, 0.29) is 29.6 Å². The molecule has 15 heteroatoms. The topological polar surface area (TPSA) is 215 Å². The number of nitrogens with one attached hydrogen (secondary N) is 5. The lowest BCUT2D eigenvalue weighted by Crippen LogP contribution is -2.38. The summed E-state index contributed by atoms with van der Waals surface area (Å²) in [6.07, 6.45) is 14.9. The zero-order chi connectivity index (χ0) is 39.4. The number of aromatic nitrogens is 4. The third kappa shape index (κ3) is 10.7. The number of carbonyl (C=O) groups excluding carboxylic acids is 2. The van der Waals surface area contributed by atoms with Crippen LogP contribution in [-0.4, -0.2) is 69.4 Å². The summed E-state index contributed by atoms with van der Waals surface area (Å²) in [5, 5.41) is 14.7. The maximum absolute atomic E-state index is 12.9. The van der Waals surface area contributed by atoms with Gasteiger partial charge in [0, 0.05) is 67.0 Å². The highest BCUT2D eigenvalue weighted by atomic mass is 16.5. The number of aromatic amines is 1. The first kappa shape index (κ1) is 39.3. The quantitative estimate of drug-likeness (QED) is 0.0664. The second kappa shape index (κ2) is 19.3. The molecule has 2 amide bonds. The Morgan fingerprint density at radius 1 is 0.825 bits per heavy atom. The second-order valence-electron chi connectivity index (χ2n) is 15.2. The summed E-state index contributed by atoms with van der Waals surface area (Å²) >= 11 is 0. The van der Waals surface area contributed by atoms with Crippen LogP contribution in [0.15, 0.2) is 89.4 Å². The standard InChI is InChI=1S/C24H30N6O2.C18H24N6O/c25-24(26)28-14-17-6-8-19(9-7-17)23(31)29-21-10-12-27-22-20(21)11-13-30(22)16-32-15-18-4-2-1-3-5-18;25-17(24-15-6-8-20-16-14(15)5-7-19-16)13-3-1-12(2-4-13)11-23-18-21-9-10-22-18/h1-5,10-13,17,19H,6-9,14-16H2,(H4,25,26,28)(H,27,29,31);5-8,12-13H,1-4,9-11H2,(H2,21,22,23)(H2,19,20,24,25). The van der Waals surface area contributed by atoms with Gasteiger partial charge in [-0.1, -0.05) is 30.3 Å². The van der Waals surface area contributed by atoms with Crippen LogP contribution in [0.5, 0.6) is 0 Å². The number of fused-ring (bicyclic) bond motifs is 2. The summed E-state index contributed by atoms with van der Waals surface area (Å²) in [7, 11) is 0. The van der Waals surface area contributed by atoms with Gasteiger partial charge < -0.3 is 47.0 Å². The van der Waals surface area contributed by atoms with Crippen molar-refractivity contribution in [2.24, 2.45) is 45.1 Å². The Morgan fingerprint density at radius 3 is 2.19 bits per heavy atom. The molecule has 5 aromatic rings. The van der Waals surface area contributed by atoms with Gasteiger partial charge in [0.2, 0.25) is 11.8 Å². The summed E-state index contributed by atoms with van der Waals surface area (Å²) in [5.74, 6) is 2.40. The van der Waals surface area contributed by atoms with Gasteiger partial charge >= 0.3 is 0 Å². The number of nitrogens with two attached hydrogens (primary N) is 2. The lowest BCUT2D eigenvalue weighted by molar-refractivity contribution is -0.121. The molecule has 2 fully saturated rings. The first-order chi connectivity index (χ1) is 27.9. The maximum Gasteiger partial charge on any atom is 0.227 e. The zero-order valence-corrected chi connectivity index (χ0v) is 32.3. The van der Waals surface area contributed by atoms with Crippen LogP contribution in [0.4, 0.5) is 11.4 Å². The van der Waals surface area contributed by atoms with Gasteiger partial charge in [0.25, 0.3) is 0 Å². The first-order valence-corrected chi connectivity index (χ1v) is 20.1. The van der Waals surface area contributed by atoms with Crippen molar-refractivity contribution in [1.82, 2.24) is 30.2 Å². The molecule has 15 nitrogen and oxygen atoms in total. The fraction of sp³-hybridized carbons (Fsp3) is 0.429. The molecule has 0 unspecified atom stereocenters. The largest absolute Gasteiger partial charge is 0.370 e. The summed E-state index contributed by atoms with van der Waals surface area (Å²) in [6, 6.07) is 17.7. The van der Waals surface area contributed by atoms with E-state index in [0.29, 0.717) is 31.7 Å². The number of carbonyl (C=O) groups is 2. The van der Waals surface area contributed by atoms with Crippen LogP contribution in [0.3, 0.4) is 0 Å². The number of amides is 2. The summed E-state index contributed by atoms with van der Waals surface area (Å²) in [6.45, 7) is 4.29. The minimum absolute atomic E-state index is 0.00459. The molecule has 4 aromatic heterocycles. The van der Waals surface area contributed by atoms with Gasteiger partial charge in [-0.2, -0.15) is 0 Å².